The summed E-state index contributed by atoms with van der Waals surface area (Å²) in [7, 11) is 0. The Labute approximate surface area is 287 Å². The second kappa shape index (κ2) is 10.4. The molecule has 0 aliphatic carbocycles. The molecule has 0 amide bonds. The molecule has 4 heteroatoms. The minimum atomic E-state index is 0.851. The molecule has 8 aromatic carbocycles. The van der Waals surface area contributed by atoms with Gasteiger partial charge >= 0.3 is 5.95 Å². The zero-order valence-corrected chi connectivity index (χ0v) is 27.0. The van der Waals surface area contributed by atoms with Gasteiger partial charge in [-0.1, -0.05) is 114 Å². The van der Waals surface area contributed by atoms with Crippen LogP contribution in [0.4, 0.5) is 0 Å². The van der Waals surface area contributed by atoms with E-state index in [0.29, 0.717) is 0 Å². The molecule has 0 saturated carbocycles. The van der Waals surface area contributed by atoms with E-state index in [-0.39, 0.29) is 0 Å². The van der Waals surface area contributed by atoms with Crippen molar-refractivity contribution in [2.75, 3.05) is 0 Å². The molecule has 3 aromatic heterocycles. The second-order valence-corrected chi connectivity index (χ2v) is 13.1. The van der Waals surface area contributed by atoms with Gasteiger partial charge in [0, 0.05) is 32.6 Å². The fraction of sp³-hybridized carbons (Fsp3) is 0. The molecule has 50 heavy (non-hydrogen) atoms. The molecule has 0 N–H and O–H groups in total. The summed E-state index contributed by atoms with van der Waals surface area (Å²) < 4.78 is 6.99. The Morgan fingerprint density at radius 1 is 0.400 bits per heavy atom. The molecule has 0 spiro atoms. The van der Waals surface area contributed by atoms with Crippen LogP contribution in [0.25, 0.3) is 93.4 Å². The first kappa shape index (κ1) is 27.2. The minimum absolute atomic E-state index is 0.851. The lowest BCUT2D eigenvalue weighted by atomic mass is 10.00. The highest BCUT2D eigenvalue weighted by Crippen LogP contribution is 2.41. The molecule has 4 nitrogen and oxygen atoms in total. The summed E-state index contributed by atoms with van der Waals surface area (Å²) in [4.78, 5) is 5.33. The average molecular weight is 638 g/mol. The van der Waals surface area contributed by atoms with Crippen LogP contribution >= 0.6 is 0 Å². The van der Waals surface area contributed by atoms with Crippen LogP contribution in [0.3, 0.4) is 0 Å². The van der Waals surface area contributed by atoms with Gasteiger partial charge in [-0.15, -0.1) is 0 Å². The number of fused-ring (bicyclic) bond motifs is 11. The van der Waals surface area contributed by atoms with Crippen molar-refractivity contribution in [3.05, 3.63) is 176 Å². The highest BCUT2D eigenvalue weighted by molar-refractivity contribution is 6.28. The van der Waals surface area contributed by atoms with Crippen LogP contribution in [0.1, 0.15) is 0 Å². The van der Waals surface area contributed by atoms with Crippen molar-refractivity contribution < 1.29 is 4.57 Å². The van der Waals surface area contributed by atoms with Gasteiger partial charge in [0.1, 0.15) is 16.7 Å². The molecule has 232 valence electrons. The van der Waals surface area contributed by atoms with Crippen LogP contribution in [0.2, 0.25) is 0 Å². The maximum absolute atomic E-state index is 5.33. The number of rotatable bonds is 3. The van der Waals surface area contributed by atoms with Gasteiger partial charge in [0.25, 0.3) is 0 Å². The normalized spacial score (nSPS) is 12.0. The van der Waals surface area contributed by atoms with Gasteiger partial charge in [0.05, 0.1) is 17.2 Å². The Kier molecular flexibility index (Phi) is 5.63. The maximum Gasteiger partial charge on any atom is 0.409 e. The number of nitrogens with zero attached hydrogens (tertiary/aromatic N) is 4. The van der Waals surface area contributed by atoms with Crippen molar-refractivity contribution >= 4 is 76.1 Å². The zero-order valence-electron chi connectivity index (χ0n) is 27.0. The molecule has 0 aliphatic rings. The van der Waals surface area contributed by atoms with Gasteiger partial charge in [0.15, 0.2) is 5.52 Å². The van der Waals surface area contributed by atoms with E-state index in [1.807, 2.05) is 0 Å². The Morgan fingerprint density at radius 3 is 1.68 bits per heavy atom. The van der Waals surface area contributed by atoms with Crippen LogP contribution < -0.4 is 4.57 Å². The zero-order chi connectivity index (χ0) is 32.8. The van der Waals surface area contributed by atoms with E-state index < -0.39 is 0 Å². The van der Waals surface area contributed by atoms with Crippen molar-refractivity contribution in [3.8, 4) is 17.3 Å². The Bertz CT molecular complexity index is 3060. The van der Waals surface area contributed by atoms with Gasteiger partial charge < -0.3 is 4.57 Å². The van der Waals surface area contributed by atoms with E-state index in [9.17, 15) is 0 Å². The fourth-order valence-electron chi connectivity index (χ4n) is 8.13. The summed E-state index contributed by atoms with van der Waals surface area (Å²) in [6.45, 7) is 0. The number of para-hydroxylation sites is 3. The Balaban J connectivity index is 1.24. The van der Waals surface area contributed by atoms with Crippen molar-refractivity contribution in [3.63, 3.8) is 0 Å². The van der Waals surface area contributed by atoms with Gasteiger partial charge in [-0.05, 0) is 82.2 Å². The predicted molar refractivity (Wildman–Crippen MR) is 207 cm³/mol. The van der Waals surface area contributed by atoms with E-state index in [4.69, 9.17) is 4.98 Å². The van der Waals surface area contributed by atoms with E-state index in [0.717, 1.165) is 39.3 Å². The molecule has 11 rings (SSSR count). The summed E-state index contributed by atoms with van der Waals surface area (Å²) in [5, 5.41) is 11.1. The van der Waals surface area contributed by atoms with Gasteiger partial charge in [-0.2, -0.15) is 4.57 Å². The minimum Gasteiger partial charge on any atom is -0.309 e. The molecule has 0 saturated heterocycles. The predicted octanol–water partition coefficient (Wildman–Crippen LogP) is 11.0. The second-order valence-electron chi connectivity index (χ2n) is 13.1. The number of aromatic nitrogens is 4. The largest absolute Gasteiger partial charge is 0.409 e. The van der Waals surface area contributed by atoms with E-state index in [1.165, 1.54) is 54.1 Å². The summed E-state index contributed by atoms with van der Waals surface area (Å²) >= 11 is 0. The van der Waals surface area contributed by atoms with Crippen LogP contribution in [-0.2, 0) is 0 Å². The first-order chi connectivity index (χ1) is 24.8. The SMILES string of the molecule is c1ccc(-[n+]2cc3ccccc3nc2-n2c3ccccc3c3cc(-n4c5ccc6ccccc6c5c5c6ccccc6ccc54)ccc32)cc1. The molecule has 11 aromatic rings. The molecule has 0 bridgehead atoms. The first-order valence-electron chi connectivity index (χ1n) is 17.1. The van der Waals surface area contributed by atoms with Crippen LogP contribution in [0.5, 0.6) is 0 Å². The number of hydrogen-bond acceptors (Lipinski definition) is 1. The lowest BCUT2D eigenvalue weighted by molar-refractivity contribution is -0.591. The highest BCUT2D eigenvalue weighted by atomic mass is 15.2. The monoisotopic (exact) mass is 637 g/mol. The van der Waals surface area contributed by atoms with E-state index in [1.54, 1.807) is 0 Å². The maximum atomic E-state index is 5.33. The van der Waals surface area contributed by atoms with Crippen LogP contribution in [-0.4, -0.2) is 14.1 Å². The van der Waals surface area contributed by atoms with Crippen LogP contribution in [0, 0.1) is 0 Å². The average Bonchev–Trinajstić information content (AvgIpc) is 3.71. The molecule has 0 radical (unpaired) electrons. The molecule has 3 heterocycles. The summed E-state index contributed by atoms with van der Waals surface area (Å²) in [5.41, 5.74) is 7.79. The number of benzene rings is 8. The molecule has 0 unspecified atom stereocenters. The lowest BCUT2D eigenvalue weighted by Crippen LogP contribution is -2.37. The van der Waals surface area contributed by atoms with Gasteiger partial charge in [0.2, 0.25) is 0 Å². The van der Waals surface area contributed by atoms with Crippen LogP contribution in [0.15, 0.2) is 176 Å². The molecular formula is C46H29N4+. The number of hydrogen-bond donors (Lipinski definition) is 0. The highest BCUT2D eigenvalue weighted by Gasteiger charge is 2.26. The van der Waals surface area contributed by atoms with Crippen molar-refractivity contribution in [1.82, 2.24) is 14.1 Å². The van der Waals surface area contributed by atoms with Gasteiger partial charge in [-0.3, -0.25) is 0 Å². The quantitative estimate of drug-likeness (QED) is 0.177. The molecule has 0 fully saturated rings. The van der Waals surface area contributed by atoms with Crippen molar-refractivity contribution in [2.24, 2.45) is 0 Å². The van der Waals surface area contributed by atoms with E-state index in [2.05, 4.69) is 190 Å². The smallest absolute Gasteiger partial charge is 0.309 e. The van der Waals surface area contributed by atoms with Gasteiger partial charge in [-0.25, -0.2) is 4.57 Å². The third kappa shape index (κ3) is 3.81. The molecule has 0 atom stereocenters. The molecule has 0 aliphatic heterocycles. The Morgan fingerprint density at radius 2 is 0.960 bits per heavy atom. The summed E-state index contributed by atoms with van der Waals surface area (Å²) in [5.74, 6) is 0.851. The standard InChI is InChI=1S/C46H29N4/c1-2-15-33(16-3-1)48-29-32-14-6-10-20-39(32)47-46(48)50-40-21-11-9-19-37(40)38-28-34(24-27-41(38)50)49-42-25-22-30-12-4-7-17-35(30)44(42)45-36-18-8-5-13-31(36)23-26-43(45)49/h1-29H/q+1. The lowest BCUT2D eigenvalue weighted by Gasteiger charge is -2.10. The third-order valence-electron chi connectivity index (χ3n) is 10.3. The third-order valence-corrected chi connectivity index (χ3v) is 10.3. The summed E-state index contributed by atoms with van der Waals surface area (Å²) in [6.07, 6.45) is 2.20. The van der Waals surface area contributed by atoms with E-state index >= 15 is 0 Å². The van der Waals surface area contributed by atoms with Crippen molar-refractivity contribution in [1.29, 1.82) is 0 Å². The topological polar surface area (TPSA) is 26.6 Å². The Hall–Kier alpha value is -6.78. The first-order valence-corrected chi connectivity index (χ1v) is 17.1. The molecular weight excluding hydrogens is 609 g/mol. The van der Waals surface area contributed by atoms with Crippen molar-refractivity contribution in [2.45, 2.75) is 0 Å². The summed E-state index contributed by atoms with van der Waals surface area (Å²) in [6, 6.07) is 61.1. The fourth-order valence-corrected chi connectivity index (χ4v) is 8.13.